The normalized spacial score (nSPS) is 11.5. The molecule has 0 spiro atoms. The predicted octanol–water partition coefficient (Wildman–Crippen LogP) is 1.43. The van der Waals surface area contributed by atoms with Crippen LogP contribution in [0.15, 0.2) is 45.8 Å². The van der Waals surface area contributed by atoms with Gasteiger partial charge in [0, 0.05) is 23.0 Å². The van der Waals surface area contributed by atoms with E-state index in [0.717, 1.165) is 10.6 Å². The highest BCUT2D eigenvalue weighted by Crippen LogP contribution is 2.24. The van der Waals surface area contributed by atoms with Gasteiger partial charge in [-0.2, -0.15) is 0 Å². The number of pyridine rings is 1. The van der Waals surface area contributed by atoms with Crippen molar-refractivity contribution < 1.29 is 5.21 Å². The summed E-state index contributed by atoms with van der Waals surface area (Å²) < 4.78 is 0. The summed E-state index contributed by atoms with van der Waals surface area (Å²) in [6, 6.07) is 5.36. The lowest BCUT2D eigenvalue weighted by molar-refractivity contribution is 0.318. The monoisotopic (exact) mass is 261 g/mol. The fourth-order valence-corrected chi connectivity index (χ4v) is 2.06. The minimum atomic E-state index is -0.0254. The van der Waals surface area contributed by atoms with Crippen molar-refractivity contribution in [2.24, 2.45) is 10.9 Å². The zero-order valence-corrected chi connectivity index (χ0v) is 10.4. The predicted molar refractivity (Wildman–Crippen MR) is 67.6 cm³/mol. The summed E-state index contributed by atoms with van der Waals surface area (Å²) in [4.78, 5) is 13.3. The number of hydrogen-bond acceptors (Lipinski definition) is 6. The highest BCUT2D eigenvalue weighted by atomic mass is 32.2. The second-order valence-corrected chi connectivity index (χ2v) is 4.49. The summed E-state index contributed by atoms with van der Waals surface area (Å²) in [7, 11) is 0. The highest BCUT2D eigenvalue weighted by molar-refractivity contribution is 7.99. The van der Waals surface area contributed by atoms with Crippen LogP contribution in [0.4, 0.5) is 0 Å². The van der Waals surface area contributed by atoms with Crippen LogP contribution in [-0.2, 0) is 0 Å². The fraction of sp³-hybridized carbons (Fsp3) is 0.0909. The molecule has 0 aromatic carbocycles. The van der Waals surface area contributed by atoms with Crippen molar-refractivity contribution in [3.05, 3.63) is 42.0 Å². The molecule has 0 unspecified atom stereocenters. The van der Waals surface area contributed by atoms with E-state index < -0.39 is 0 Å². The van der Waals surface area contributed by atoms with Gasteiger partial charge >= 0.3 is 0 Å². The molecule has 0 saturated carbocycles. The van der Waals surface area contributed by atoms with Gasteiger partial charge in [-0.1, -0.05) is 5.16 Å². The number of hydrogen-bond donors (Lipinski definition) is 2. The standard InChI is InChI=1S/C11H11N5OS/c1-7-2-4-14-11(15-7)18-8-3-5-13-9(6-8)10(12)16-17/h2-6,17H,1H3,(H2,12,16). The van der Waals surface area contributed by atoms with E-state index in [0.29, 0.717) is 10.9 Å². The zero-order valence-electron chi connectivity index (χ0n) is 9.61. The van der Waals surface area contributed by atoms with E-state index in [2.05, 4.69) is 20.1 Å². The molecule has 3 N–H and O–H groups in total. The Bertz CT molecular complexity index is 587. The van der Waals surface area contributed by atoms with Crippen LogP contribution in [0.2, 0.25) is 0 Å². The van der Waals surface area contributed by atoms with Crippen LogP contribution in [0.1, 0.15) is 11.4 Å². The summed E-state index contributed by atoms with van der Waals surface area (Å²) >= 11 is 1.39. The van der Waals surface area contributed by atoms with Gasteiger partial charge in [0.25, 0.3) is 0 Å². The molecule has 0 aliphatic heterocycles. The van der Waals surface area contributed by atoms with Crippen LogP contribution in [0.5, 0.6) is 0 Å². The minimum Gasteiger partial charge on any atom is -0.409 e. The van der Waals surface area contributed by atoms with Gasteiger partial charge in [-0.15, -0.1) is 0 Å². The first-order valence-corrected chi connectivity index (χ1v) is 5.92. The van der Waals surface area contributed by atoms with Crippen molar-refractivity contribution in [2.45, 2.75) is 17.0 Å². The van der Waals surface area contributed by atoms with Crippen molar-refractivity contribution in [3.63, 3.8) is 0 Å². The van der Waals surface area contributed by atoms with E-state index in [1.54, 1.807) is 18.5 Å². The van der Waals surface area contributed by atoms with Gasteiger partial charge in [0.15, 0.2) is 11.0 Å². The van der Waals surface area contributed by atoms with Gasteiger partial charge in [-0.05, 0) is 36.9 Å². The molecule has 0 saturated heterocycles. The van der Waals surface area contributed by atoms with Crippen LogP contribution in [0.3, 0.4) is 0 Å². The Kier molecular flexibility index (Phi) is 3.73. The van der Waals surface area contributed by atoms with Crippen molar-refractivity contribution in [2.75, 3.05) is 0 Å². The number of oxime groups is 1. The molecule has 0 atom stereocenters. The number of amidine groups is 1. The van der Waals surface area contributed by atoms with Crippen LogP contribution in [0, 0.1) is 6.92 Å². The molecule has 2 aromatic rings. The SMILES string of the molecule is Cc1ccnc(Sc2ccnc(C(N)=NO)c2)n1. The third kappa shape index (κ3) is 2.95. The van der Waals surface area contributed by atoms with Crippen molar-refractivity contribution in [3.8, 4) is 0 Å². The van der Waals surface area contributed by atoms with Crippen molar-refractivity contribution >= 4 is 17.6 Å². The molecule has 0 fully saturated rings. The summed E-state index contributed by atoms with van der Waals surface area (Å²) in [6.07, 6.45) is 3.29. The van der Waals surface area contributed by atoms with E-state index >= 15 is 0 Å². The van der Waals surface area contributed by atoms with Gasteiger partial charge in [-0.3, -0.25) is 4.98 Å². The van der Waals surface area contributed by atoms with E-state index in [9.17, 15) is 0 Å². The van der Waals surface area contributed by atoms with Gasteiger partial charge in [-0.25, -0.2) is 9.97 Å². The maximum absolute atomic E-state index is 8.60. The van der Waals surface area contributed by atoms with E-state index in [1.165, 1.54) is 11.8 Å². The van der Waals surface area contributed by atoms with Gasteiger partial charge in [0.05, 0.1) is 0 Å². The number of aromatic nitrogens is 3. The second-order valence-electron chi connectivity index (χ2n) is 3.44. The van der Waals surface area contributed by atoms with Gasteiger partial charge < -0.3 is 10.9 Å². The lowest BCUT2D eigenvalue weighted by atomic mass is 10.3. The molecule has 92 valence electrons. The Morgan fingerprint density at radius 1 is 1.33 bits per heavy atom. The molecular weight excluding hydrogens is 250 g/mol. The molecule has 7 heteroatoms. The van der Waals surface area contributed by atoms with E-state index in [-0.39, 0.29) is 5.84 Å². The maximum atomic E-state index is 8.60. The van der Waals surface area contributed by atoms with Crippen molar-refractivity contribution in [1.82, 2.24) is 15.0 Å². The molecular formula is C11H11N5OS. The summed E-state index contributed by atoms with van der Waals surface area (Å²) in [5.74, 6) is -0.0254. The van der Waals surface area contributed by atoms with E-state index in [1.807, 2.05) is 19.1 Å². The molecule has 0 aliphatic carbocycles. The Labute approximate surface area is 108 Å². The third-order valence-electron chi connectivity index (χ3n) is 2.08. The summed E-state index contributed by atoms with van der Waals surface area (Å²) in [6.45, 7) is 1.90. The topological polar surface area (TPSA) is 97.3 Å². The van der Waals surface area contributed by atoms with Crippen molar-refractivity contribution in [1.29, 1.82) is 0 Å². The molecule has 2 heterocycles. The molecule has 0 bridgehead atoms. The van der Waals surface area contributed by atoms with E-state index in [4.69, 9.17) is 10.9 Å². The Balaban J connectivity index is 2.24. The Hall–Kier alpha value is -2.15. The first kappa shape index (κ1) is 12.3. The van der Waals surface area contributed by atoms with Crippen LogP contribution < -0.4 is 5.73 Å². The van der Waals surface area contributed by atoms with Crippen LogP contribution in [0.25, 0.3) is 0 Å². The Morgan fingerprint density at radius 2 is 2.11 bits per heavy atom. The quantitative estimate of drug-likeness (QED) is 0.285. The smallest absolute Gasteiger partial charge is 0.192 e. The lowest BCUT2D eigenvalue weighted by Gasteiger charge is -2.02. The first-order valence-electron chi connectivity index (χ1n) is 5.10. The summed E-state index contributed by atoms with van der Waals surface area (Å²) in [5.41, 5.74) is 6.79. The number of rotatable bonds is 3. The third-order valence-corrected chi connectivity index (χ3v) is 2.95. The lowest BCUT2D eigenvalue weighted by Crippen LogP contribution is -2.14. The average molecular weight is 261 g/mol. The number of nitrogens with zero attached hydrogens (tertiary/aromatic N) is 4. The fourth-order valence-electron chi connectivity index (χ4n) is 1.25. The molecule has 6 nitrogen and oxygen atoms in total. The summed E-state index contributed by atoms with van der Waals surface area (Å²) in [5, 5.41) is 12.2. The second kappa shape index (κ2) is 5.46. The highest BCUT2D eigenvalue weighted by Gasteiger charge is 2.05. The molecule has 2 aromatic heterocycles. The van der Waals surface area contributed by atoms with Gasteiger partial charge in [0.2, 0.25) is 0 Å². The Morgan fingerprint density at radius 3 is 2.83 bits per heavy atom. The first-order chi connectivity index (χ1) is 8.69. The molecule has 18 heavy (non-hydrogen) atoms. The number of aryl methyl sites for hydroxylation is 1. The average Bonchev–Trinajstić information content (AvgIpc) is 2.38. The largest absolute Gasteiger partial charge is 0.409 e. The molecule has 0 amide bonds. The van der Waals surface area contributed by atoms with Crippen LogP contribution in [-0.4, -0.2) is 26.0 Å². The van der Waals surface area contributed by atoms with Crippen LogP contribution >= 0.6 is 11.8 Å². The molecule has 0 radical (unpaired) electrons. The van der Waals surface area contributed by atoms with Gasteiger partial charge in [0.1, 0.15) is 5.69 Å². The zero-order chi connectivity index (χ0) is 13.0. The number of nitrogens with two attached hydrogens (primary N) is 1. The maximum Gasteiger partial charge on any atom is 0.192 e. The molecule has 0 aliphatic rings. The minimum absolute atomic E-state index is 0.0254. The molecule has 2 rings (SSSR count).